The third-order valence-electron chi connectivity index (χ3n) is 5.83. The molecule has 1 fully saturated rings. The molecular formula is C24H29FN4O. The van der Waals surface area contributed by atoms with Gasteiger partial charge < -0.3 is 5.11 Å². The highest BCUT2D eigenvalue weighted by atomic mass is 19.1. The van der Waals surface area contributed by atoms with Crippen molar-refractivity contribution in [2.24, 2.45) is 5.92 Å². The predicted octanol–water partition coefficient (Wildman–Crippen LogP) is 5.10. The van der Waals surface area contributed by atoms with Gasteiger partial charge in [-0.3, -0.25) is 10.00 Å². The Hall–Kier alpha value is -2.57. The zero-order valence-electron chi connectivity index (χ0n) is 17.9. The summed E-state index contributed by atoms with van der Waals surface area (Å²) in [5.41, 5.74) is 3.66. The molecule has 4 rings (SSSR count). The minimum absolute atomic E-state index is 0.154. The average molecular weight is 409 g/mol. The minimum Gasteiger partial charge on any atom is -0.374 e. The van der Waals surface area contributed by atoms with E-state index in [1.54, 1.807) is 18.3 Å². The Morgan fingerprint density at radius 2 is 1.77 bits per heavy atom. The van der Waals surface area contributed by atoms with E-state index in [4.69, 9.17) is 4.98 Å². The first kappa shape index (κ1) is 20.7. The summed E-state index contributed by atoms with van der Waals surface area (Å²) in [4.78, 5) is 4.82. The maximum atomic E-state index is 13.4. The largest absolute Gasteiger partial charge is 0.374 e. The van der Waals surface area contributed by atoms with Crippen molar-refractivity contribution in [3.8, 4) is 22.6 Å². The van der Waals surface area contributed by atoms with Crippen molar-refractivity contribution in [2.45, 2.75) is 58.3 Å². The fraction of sp³-hybridized carbons (Fsp3) is 0.417. The van der Waals surface area contributed by atoms with Crippen LogP contribution < -0.4 is 5.32 Å². The van der Waals surface area contributed by atoms with E-state index in [-0.39, 0.29) is 17.4 Å². The van der Waals surface area contributed by atoms with Crippen LogP contribution in [0.1, 0.15) is 58.4 Å². The van der Waals surface area contributed by atoms with Gasteiger partial charge in [-0.1, -0.05) is 0 Å². The smallest absolute Gasteiger partial charge is 0.131 e. The van der Waals surface area contributed by atoms with E-state index >= 15 is 0 Å². The molecule has 0 saturated heterocycles. The number of nitrogens with zero attached hydrogens (tertiary/aromatic N) is 3. The van der Waals surface area contributed by atoms with Gasteiger partial charge in [0.05, 0.1) is 17.1 Å². The molecule has 1 aliphatic rings. The number of pyridine rings is 1. The van der Waals surface area contributed by atoms with Crippen LogP contribution in [0.4, 0.5) is 4.39 Å². The van der Waals surface area contributed by atoms with Gasteiger partial charge in [0.1, 0.15) is 12.0 Å². The summed E-state index contributed by atoms with van der Waals surface area (Å²) in [5.74, 6) is 0.285. The lowest BCUT2D eigenvalue weighted by atomic mass is 9.97. The van der Waals surface area contributed by atoms with Gasteiger partial charge in [0.25, 0.3) is 0 Å². The lowest BCUT2D eigenvalue weighted by Crippen LogP contribution is -2.43. The van der Waals surface area contributed by atoms with Crippen molar-refractivity contribution >= 4 is 0 Å². The number of benzene rings is 1. The maximum Gasteiger partial charge on any atom is 0.131 e. The van der Waals surface area contributed by atoms with Crippen molar-refractivity contribution in [3.63, 3.8) is 0 Å². The minimum atomic E-state index is -0.836. The van der Waals surface area contributed by atoms with E-state index in [9.17, 15) is 9.50 Å². The number of halogens is 1. The normalized spacial score (nSPS) is 15.6. The summed E-state index contributed by atoms with van der Waals surface area (Å²) in [6.07, 6.45) is 3.29. The van der Waals surface area contributed by atoms with Crippen LogP contribution in [0.2, 0.25) is 0 Å². The molecule has 2 aromatic heterocycles. The number of hydrogen-bond acceptors (Lipinski definition) is 4. The molecule has 1 aromatic carbocycles. The summed E-state index contributed by atoms with van der Waals surface area (Å²) < 4.78 is 15.4. The lowest BCUT2D eigenvalue weighted by Gasteiger charge is -2.30. The summed E-state index contributed by atoms with van der Waals surface area (Å²) in [5, 5.41) is 18.8. The molecule has 0 amide bonds. The summed E-state index contributed by atoms with van der Waals surface area (Å²) in [6.45, 7) is 8.39. The standard InChI is InChI=1S/C24H29FN4O/c1-15(2)29-22(11-12-26-29)21-14-17(23(30)28-24(3,4)18-7-8-18)13-20(27-21)16-5-9-19(25)10-6-16/h5-6,9-15,18,23,28,30H,7-8H2,1-4H3. The van der Waals surface area contributed by atoms with Crippen LogP contribution in [-0.2, 0) is 0 Å². The topological polar surface area (TPSA) is 63.0 Å². The van der Waals surface area contributed by atoms with Gasteiger partial charge in [0, 0.05) is 23.3 Å². The van der Waals surface area contributed by atoms with Gasteiger partial charge in [0.15, 0.2) is 0 Å². The molecule has 0 bridgehead atoms. The molecule has 1 atom stereocenters. The van der Waals surface area contributed by atoms with E-state index in [1.807, 2.05) is 22.9 Å². The Bertz CT molecular complexity index is 1020. The molecule has 0 spiro atoms. The molecule has 2 N–H and O–H groups in total. The van der Waals surface area contributed by atoms with E-state index in [0.29, 0.717) is 11.6 Å². The van der Waals surface area contributed by atoms with Crippen molar-refractivity contribution in [1.82, 2.24) is 20.1 Å². The Kier molecular flexibility index (Phi) is 5.47. The summed E-state index contributed by atoms with van der Waals surface area (Å²) >= 11 is 0. The van der Waals surface area contributed by atoms with Crippen molar-refractivity contribution in [1.29, 1.82) is 0 Å². The second kappa shape index (κ2) is 7.93. The highest BCUT2D eigenvalue weighted by Gasteiger charge is 2.38. The molecule has 1 unspecified atom stereocenters. The number of aliphatic hydroxyl groups is 1. The third kappa shape index (κ3) is 4.30. The zero-order chi connectivity index (χ0) is 21.5. The first-order valence-electron chi connectivity index (χ1n) is 10.5. The first-order valence-corrected chi connectivity index (χ1v) is 10.5. The fourth-order valence-electron chi connectivity index (χ4n) is 3.90. The van der Waals surface area contributed by atoms with Crippen LogP contribution in [-0.4, -0.2) is 25.4 Å². The Morgan fingerprint density at radius 3 is 2.40 bits per heavy atom. The number of aliphatic hydroxyl groups excluding tert-OH is 1. The molecule has 158 valence electrons. The lowest BCUT2D eigenvalue weighted by molar-refractivity contribution is 0.0938. The molecule has 0 aliphatic heterocycles. The molecular weight excluding hydrogens is 379 g/mol. The summed E-state index contributed by atoms with van der Waals surface area (Å²) in [7, 11) is 0. The molecule has 0 radical (unpaired) electrons. The van der Waals surface area contributed by atoms with Crippen molar-refractivity contribution < 1.29 is 9.50 Å². The van der Waals surface area contributed by atoms with Gasteiger partial charge in [-0.2, -0.15) is 5.10 Å². The SMILES string of the molecule is CC(C)n1nccc1-c1cc(C(O)NC(C)(C)C2CC2)cc(-c2ccc(F)cc2)n1. The van der Waals surface area contributed by atoms with Crippen LogP contribution in [0.15, 0.2) is 48.7 Å². The van der Waals surface area contributed by atoms with Gasteiger partial charge in [0.2, 0.25) is 0 Å². The van der Waals surface area contributed by atoms with Crippen LogP contribution in [0.3, 0.4) is 0 Å². The summed E-state index contributed by atoms with van der Waals surface area (Å²) in [6, 6.07) is 12.1. The fourth-order valence-corrected chi connectivity index (χ4v) is 3.90. The van der Waals surface area contributed by atoms with E-state index in [2.05, 4.69) is 38.1 Å². The van der Waals surface area contributed by atoms with Gasteiger partial charge in [-0.05, 0) is 94.5 Å². The van der Waals surface area contributed by atoms with Crippen LogP contribution in [0.5, 0.6) is 0 Å². The maximum absolute atomic E-state index is 13.4. The van der Waals surface area contributed by atoms with Gasteiger partial charge in [-0.25, -0.2) is 9.37 Å². The second-order valence-corrected chi connectivity index (χ2v) is 8.98. The first-order chi connectivity index (χ1) is 14.2. The number of nitrogens with one attached hydrogen (secondary N) is 1. The molecule has 1 saturated carbocycles. The van der Waals surface area contributed by atoms with E-state index in [0.717, 1.165) is 22.5 Å². The predicted molar refractivity (Wildman–Crippen MR) is 116 cm³/mol. The number of hydrogen-bond donors (Lipinski definition) is 2. The third-order valence-corrected chi connectivity index (χ3v) is 5.83. The molecule has 30 heavy (non-hydrogen) atoms. The Labute approximate surface area is 177 Å². The van der Waals surface area contributed by atoms with E-state index in [1.165, 1.54) is 25.0 Å². The number of rotatable bonds is 7. The Balaban J connectivity index is 1.77. The van der Waals surface area contributed by atoms with Crippen molar-refractivity contribution in [2.75, 3.05) is 0 Å². The quantitative estimate of drug-likeness (QED) is 0.534. The molecule has 5 nitrogen and oxygen atoms in total. The number of aromatic nitrogens is 3. The zero-order valence-corrected chi connectivity index (χ0v) is 17.9. The second-order valence-electron chi connectivity index (χ2n) is 8.98. The van der Waals surface area contributed by atoms with Gasteiger partial charge >= 0.3 is 0 Å². The van der Waals surface area contributed by atoms with Crippen LogP contribution in [0, 0.1) is 11.7 Å². The van der Waals surface area contributed by atoms with E-state index < -0.39 is 6.23 Å². The van der Waals surface area contributed by atoms with Crippen molar-refractivity contribution in [3.05, 3.63) is 60.0 Å². The molecule has 1 aliphatic carbocycles. The van der Waals surface area contributed by atoms with Crippen LogP contribution >= 0.6 is 0 Å². The Morgan fingerprint density at radius 1 is 1.10 bits per heavy atom. The monoisotopic (exact) mass is 408 g/mol. The van der Waals surface area contributed by atoms with Gasteiger partial charge in [-0.15, -0.1) is 0 Å². The highest BCUT2D eigenvalue weighted by molar-refractivity contribution is 5.66. The molecule has 3 aromatic rings. The molecule has 6 heteroatoms. The molecule has 2 heterocycles. The van der Waals surface area contributed by atoms with Crippen LogP contribution in [0.25, 0.3) is 22.6 Å². The highest BCUT2D eigenvalue weighted by Crippen LogP contribution is 2.40. The average Bonchev–Trinajstić information content (AvgIpc) is 3.45.